The lowest BCUT2D eigenvalue weighted by atomic mass is 10.1. The Hall–Kier alpha value is -3.94. The lowest BCUT2D eigenvalue weighted by molar-refractivity contribution is -0.383. The molecule has 0 fully saturated rings. The second-order valence-corrected chi connectivity index (χ2v) is 5.66. The molecule has 7 nitrogen and oxygen atoms in total. The summed E-state index contributed by atoms with van der Waals surface area (Å²) in [6, 6.07) is 14.1. The van der Waals surface area contributed by atoms with Crippen LogP contribution in [0.5, 0.6) is 0 Å². The highest BCUT2D eigenvalue weighted by atomic mass is 19.1. The highest BCUT2D eigenvalue weighted by Gasteiger charge is 2.20. The Labute approximate surface area is 152 Å². The number of benzene rings is 2. The van der Waals surface area contributed by atoms with Gasteiger partial charge < -0.3 is 5.32 Å². The van der Waals surface area contributed by atoms with Crippen molar-refractivity contribution in [2.75, 3.05) is 5.32 Å². The van der Waals surface area contributed by atoms with Gasteiger partial charge in [0.1, 0.15) is 17.0 Å². The van der Waals surface area contributed by atoms with E-state index in [0.29, 0.717) is 11.2 Å². The van der Waals surface area contributed by atoms with Crippen LogP contribution < -0.4 is 5.32 Å². The van der Waals surface area contributed by atoms with Crippen LogP contribution in [-0.4, -0.2) is 19.9 Å². The number of aromatic nitrogens is 3. The van der Waals surface area contributed by atoms with Crippen molar-refractivity contribution < 1.29 is 9.31 Å². The van der Waals surface area contributed by atoms with Gasteiger partial charge in [-0.25, -0.2) is 14.4 Å². The lowest BCUT2D eigenvalue weighted by Gasteiger charge is -2.11. The minimum Gasteiger partial charge on any atom is -0.339 e. The minimum atomic E-state index is -0.494. The van der Waals surface area contributed by atoms with Crippen LogP contribution in [0.25, 0.3) is 22.3 Å². The van der Waals surface area contributed by atoms with Crippen LogP contribution in [0, 0.1) is 15.9 Å². The van der Waals surface area contributed by atoms with E-state index in [0.717, 1.165) is 0 Å². The Morgan fingerprint density at radius 3 is 2.48 bits per heavy atom. The normalized spacial score (nSPS) is 10.7. The summed E-state index contributed by atoms with van der Waals surface area (Å²) in [5, 5.41) is 14.8. The first-order valence-electron chi connectivity index (χ1n) is 8.00. The summed E-state index contributed by atoms with van der Waals surface area (Å²) in [4.78, 5) is 23.7. The number of pyridine rings is 1. The number of nitro groups is 1. The van der Waals surface area contributed by atoms with Crippen molar-refractivity contribution in [3.63, 3.8) is 0 Å². The molecule has 0 radical (unpaired) electrons. The molecule has 1 N–H and O–H groups in total. The smallest absolute Gasteiger partial charge is 0.282 e. The molecule has 0 bridgehead atoms. The van der Waals surface area contributed by atoms with Crippen LogP contribution in [-0.2, 0) is 0 Å². The van der Waals surface area contributed by atoms with Crippen molar-refractivity contribution in [1.82, 2.24) is 15.0 Å². The van der Waals surface area contributed by atoms with Crippen molar-refractivity contribution in [2.45, 2.75) is 0 Å². The van der Waals surface area contributed by atoms with Crippen LogP contribution in [0.4, 0.5) is 21.6 Å². The Morgan fingerprint density at radius 2 is 1.74 bits per heavy atom. The average Bonchev–Trinajstić information content (AvgIpc) is 2.68. The largest absolute Gasteiger partial charge is 0.339 e. The van der Waals surface area contributed by atoms with Crippen molar-refractivity contribution >= 4 is 28.1 Å². The molecule has 0 aliphatic carbocycles. The molecular formula is C19H12FN5O2. The third-order valence-corrected chi connectivity index (χ3v) is 3.96. The fourth-order valence-electron chi connectivity index (χ4n) is 2.74. The van der Waals surface area contributed by atoms with Gasteiger partial charge in [-0.1, -0.05) is 18.2 Å². The maximum atomic E-state index is 14.2. The van der Waals surface area contributed by atoms with Gasteiger partial charge in [0, 0.05) is 24.1 Å². The molecule has 0 atom stereocenters. The fourth-order valence-corrected chi connectivity index (χ4v) is 2.74. The van der Waals surface area contributed by atoms with Crippen LogP contribution >= 0.6 is 0 Å². The van der Waals surface area contributed by atoms with Gasteiger partial charge in [-0.05, 0) is 30.3 Å². The predicted octanol–water partition coefficient (Wildman–Crippen LogP) is 4.48. The summed E-state index contributed by atoms with van der Waals surface area (Å²) in [6.45, 7) is 0. The monoisotopic (exact) mass is 361 g/mol. The van der Waals surface area contributed by atoms with E-state index in [4.69, 9.17) is 0 Å². The van der Waals surface area contributed by atoms with Crippen molar-refractivity contribution in [3.05, 3.63) is 82.9 Å². The molecular weight excluding hydrogens is 349 g/mol. The Balaban J connectivity index is 1.99. The number of nitrogens with zero attached hydrogens (tertiary/aromatic N) is 4. The molecule has 4 rings (SSSR count). The quantitative estimate of drug-likeness (QED) is 0.425. The molecule has 27 heavy (non-hydrogen) atoms. The van der Waals surface area contributed by atoms with Crippen LogP contribution in [0.1, 0.15) is 0 Å². The highest BCUT2D eigenvalue weighted by molar-refractivity contribution is 5.99. The summed E-state index contributed by atoms with van der Waals surface area (Å²) in [6.07, 6.45) is 3.16. The Morgan fingerprint density at radius 1 is 0.963 bits per heavy atom. The van der Waals surface area contributed by atoms with Crippen molar-refractivity contribution in [3.8, 4) is 11.4 Å². The van der Waals surface area contributed by atoms with E-state index < -0.39 is 10.7 Å². The molecule has 0 amide bonds. The number of nitrogens with one attached hydrogen (secondary N) is 1. The number of halogens is 1. The number of nitro benzene ring substituents is 1. The third-order valence-electron chi connectivity index (χ3n) is 3.96. The van der Waals surface area contributed by atoms with E-state index in [1.165, 1.54) is 18.2 Å². The maximum Gasteiger partial charge on any atom is 0.282 e. The standard InChI is InChI=1S/C19H12FN5O2/c20-14-5-2-1-4-13(14)18-23-15-6-3-7-16(25(26)27)17(15)19(24-18)22-12-8-10-21-11-9-12/h1-11H,(H,21,22,23,24). The van der Waals surface area contributed by atoms with Gasteiger partial charge in [0.15, 0.2) is 5.82 Å². The topological polar surface area (TPSA) is 93.8 Å². The molecule has 2 aromatic heterocycles. The zero-order chi connectivity index (χ0) is 18.8. The molecule has 4 aromatic rings. The van der Waals surface area contributed by atoms with E-state index in [-0.39, 0.29) is 28.3 Å². The Bertz CT molecular complexity index is 1150. The summed E-state index contributed by atoms with van der Waals surface area (Å²) in [5.74, 6) is -0.119. The van der Waals surface area contributed by atoms with Crippen molar-refractivity contribution in [1.29, 1.82) is 0 Å². The number of fused-ring (bicyclic) bond motifs is 1. The highest BCUT2D eigenvalue weighted by Crippen LogP contribution is 2.34. The summed E-state index contributed by atoms with van der Waals surface area (Å²) >= 11 is 0. The molecule has 2 aromatic carbocycles. The second-order valence-electron chi connectivity index (χ2n) is 5.66. The minimum absolute atomic E-state index is 0.135. The molecule has 8 heteroatoms. The molecule has 0 unspecified atom stereocenters. The molecule has 132 valence electrons. The number of hydrogen-bond acceptors (Lipinski definition) is 6. The number of hydrogen-bond donors (Lipinski definition) is 1. The third kappa shape index (κ3) is 3.15. The van der Waals surface area contributed by atoms with Crippen molar-refractivity contribution in [2.24, 2.45) is 0 Å². The van der Waals surface area contributed by atoms with Gasteiger partial charge in [-0.2, -0.15) is 0 Å². The molecule has 2 heterocycles. The van der Waals surface area contributed by atoms with Crippen LogP contribution in [0.3, 0.4) is 0 Å². The molecule has 0 saturated heterocycles. The Kier molecular flexibility index (Phi) is 4.13. The second kappa shape index (κ2) is 6.75. The van der Waals surface area contributed by atoms with E-state index in [9.17, 15) is 14.5 Å². The van der Waals surface area contributed by atoms with E-state index >= 15 is 0 Å². The molecule has 0 spiro atoms. The van der Waals surface area contributed by atoms with E-state index in [2.05, 4.69) is 20.3 Å². The predicted molar refractivity (Wildman–Crippen MR) is 99.1 cm³/mol. The van der Waals surface area contributed by atoms with Gasteiger partial charge in [0.2, 0.25) is 0 Å². The van der Waals surface area contributed by atoms with Crippen LogP contribution in [0.2, 0.25) is 0 Å². The molecule has 0 aliphatic rings. The lowest BCUT2D eigenvalue weighted by Crippen LogP contribution is -2.02. The fraction of sp³-hybridized carbons (Fsp3) is 0. The summed E-state index contributed by atoms with van der Waals surface area (Å²) < 4.78 is 14.2. The van der Waals surface area contributed by atoms with Gasteiger partial charge in [0.25, 0.3) is 5.69 Å². The number of rotatable bonds is 4. The van der Waals surface area contributed by atoms with E-state index in [1.54, 1.807) is 48.8 Å². The first-order valence-corrected chi connectivity index (χ1v) is 8.00. The van der Waals surface area contributed by atoms with Gasteiger partial charge >= 0.3 is 0 Å². The van der Waals surface area contributed by atoms with Gasteiger partial charge in [-0.3, -0.25) is 15.1 Å². The first kappa shape index (κ1) is 16.5. The summed E-state index contributed by atoms with van der Waals surface area (Å²) in [5.41, 5.74) is 1.06. The van der Waals surface area contributed by atoms with Gasteiger partial charge in [-0.15, -0.1) is 0 Å². The average molecular weight is 361 g/mol. The van der Waals surface area contributed by atoms with Crippen LogP contribution in [0.15, 0.2) is 67.0 Å². The zero-order valence-electron chi connectivity index (χ0n) is 13.8. The first-order chi connectivity index (χ1) is 13.1. The molecule has 0 aliphatic heterocycles. The SMILES string of the molecule is O=[N+]([O-])c1cccc2nc(-c3ccccc3F)nc(Nc3ccncc3)c12. The zero-order valence-corrected chi connectivity index (χ0v) is 13.8. The maximum absolute atomic E-state index is 14.2. The number of non-ortho nitro benzene ring substituents is 1. The van der Waals surface area contributed by atoms with E-state index in [1.807, 2.05) is 0 Å². The molecule has 0 saturated carbocycles. The number of anilines is 2. The summed E-state index contributed by atoms with van der Waals surface area (Å²) in [7, 11) is 0. The van der Waals surface area contributed by atoms with Gasteiger partial charge in [0.05, 0.1) is 16.0 Å².